The molecule has 0 spiro atoms. The van der Waals surface area contributed by atoms with Crippen LogP contribution in [0.15, 0.2) is 217 Å². The third kappa shape index (κ3) is 5.87. The topological polar surface area (TPSA) is 16.4 Å². The van der Waals surface area contributed by atoms with Gasteiger partial charge in [-0.05, 0) is 104 Å². The Morgan fingerprint density at radius 1 is 0.356 bits per heavy atom. The summed E-state index contributed by atoms with van der Waals surface area (Å²) in [4.78, 5) is 2.41. The van der Waals surface area contributed by atoms with E-state index in [2.05, 4.69) is 219 Å². The quantitative estimate of drug-likeness (QED) is 0.161. The van der Waals surface area contributed by atoms with Crippen molar-refractivity contribution in [1.82, 2.24) is 0 Å². The molecule has 1 aromatic heterocycles. The summed E-state index contributed by atoms with van der Waals surface area (Å²) in [7, 11) is 0. The number of benzene rings is 9. The Bertz CT molecular complexity index is 3160. The number of nitrogens with zero attached hydrogens (tertiary/aromatic N) is 1. The van der Waals surface area contributed by atoms with Crippen molar-refractivity contribution in [3.05, 3.63) is 223 Å². The van der Waals surface area contributed by atoms with Crippen LogP contribution < -0.4 is 4.90 Å². The number of hydrogen-bond acceptors (Lipinski definition) is 2. The first-order valence-corrected chi connectivity index (χ1v) is 20.4. The number of rotatable bonds is 7. The van der Waals surface area contributed by atoms with Gasteiger partial charge in [0.15, 0.2) is 0 Å². The van der Waals surface area contributed by atoms with E-state index in [1.165, 1.54) is 55.6 Å². The number of hydrogen-bond donors (Lipinski definition) is 0. The zero-order valence-corrected chi connectivity index (χ0v) is 33.1. The zero-order valence-electron chi connectivity index (χ0n) is 33.1. The van der Waals surface area contributed by atoms with Crippen LogP contribution in [-0.2, 0) is 5.41 Å². The molecule has 0 N–H and O–H groups in total. The average molecular weight is 756 g/mol. The molecule has 1 heterocycles. The van der Waals surface area contributed by atoms with E-state index in [1.54, 1.807) is 0 Å². The van der Waals surface area contributed by atoms with Gasteiger partial charge in [0.1, 0.15) is 11.2 Å². The lowest BCUT2D eigenvalue weighted by atomic mass is 9.81. The lowest BCUT2D eigenvalue weighted by molar-refractivity contribution is 0.660. The number of fused-ring (bicyclic) bond motifs is 6. The lowest BCUT2D eigenvalue weighted by Crippen LogP contribution is -2.15. The number of furan rings is 1. The molecule has 0 radical (unpaired) electrons. The highest BCUT2D eigenvalue weighted by atomic mass is 16.3. The Balaban J connectivity index is 1.09. The highest BCUT2D eigenvalue weighted by molar-refractivity contribution is 6.09. The Labute approximate surface area is 345 Å². The van der Waals surface area contributed by atoms with Crippen LogP contribution in [-0.4, -0.2) is 0 Å². The molecule has 0 unspecified atom stereocenters. The largest absolute Gasteiger partial charge is 0.455 e. The molecule has 11 rings (SSSR count). The van der Waals surface area contributed by atoms with Crippen molar-refractivity contribution in [3.8, 4) is 55.6 Å². The molecule has 0 saturated heterocycles. The fraction of sp³-hybridized carbons (Fsp3) is 0.0526. The van der Waals surface area contributed by atoms with Gasteiger partial charge in [-0.25, -0.2) is 0 Å². The normalized spacial score (nSPS) is 12.7. The van der Waals surface area contributed by atoms with Gasteiger partial charge in [-0.3, -0.25) is 0 Å². The smallest absolute Gasteiger partial charge is 0.143 e. The molecule has 10 aromatic rings. The molecular weight excluding hydrogens is 715 g/mol. The predicted molar refractivity (Wildman–Crippen MR) is 248 cm³/mol. The molecule has 9 aromatic carbocycles. The molecular formula is C57H41NO. The molecule has 280 valence electrons. The van der Waals surface area contributed by atoms with E-state index >= 15 is 0 Å². The molecule has 0 bridgehead atoms. The van der Waals surface area contributed by atoms with Gasteiger partial charge < -0.3 is 9.32 Å². The van der Waals surface area contributed by atoms with Crippen molar-refractivity contribution in [3.63, 3.8) is 0 Å². The minimum absolute atomic E-state index is 0.120. The second-order valence-corrected chi connectivity index (χ2v) is 16.1. The monoisotopic (exact) mass is 755 g/mol. The minimum Gasteiger partial charge on any atom is -0.455 e. The maximum atomic E-state index is 6.47. The van der Waals surface area contributed by atoms with Gasteiger partial charge in [0.2, 0.25) is 0 Å². The van der Waals surface area contributed by atoms with Gasteiger partial charge in [-0.2, -0.15) is 0 Å². The summed E-state index contributed by atoms with van der Waals surface area (Å²) in [6.07, 6.45) is 0. The van der Waals surface area contributed by atoms with E-state index in [0.29, 0.717) is 0 Å². The fourth-order valence-corrected chi connectivity index (χ4v) is 9.27. The van der Waals surface area contributed by atoms with Crippen LogP contribution in [0, 0.1) is 0 Å². The zero-order chi connectivity index (χ0) is 39.5. The number of anilines is 3. The molecule has 0 aliphatic heterocycles. The van der Waals surface area contributed by atoms with Crippen molar-refractivity contribution in [2.24, 2.45) is 0 Å². The highest BCUT2D eigenvalue weighted by Gasteiger charge is 2.35. The summed E-state index contributed by atoms with van der Waals surface area (Å²) >= 11 is 0. The molecule has 0 amide bonds. The van der Waals surface area contributed by atoms with E-state index in [4.69, 9.17) is 4.42 Å². The Morgan fingerprint density at radius 2 is 0.898 bits per heavy atom. The summed E-state index contributed by atoms with van der Waals surface area (Å²) in [6, 6.07) is 76.9. The average Bonchev–Trinajstić information content (AvgIpc) is 3.79. The Kier molecular flexibility index (Phi) is 8.20. The standard InChI is InChI=1S/C57H41NO/c1-57(2)52-22-11-9-18-47(52)48-34-28-43(37-53(48)57)51-36-42(39-16-7-4-8-17-39)29-35-54(51)58(44-30-24-40(25-31-44)38-14-5-3-6-15-38)45-32-26-41(27-33-45)46-20-13-21-50-49-19-10-12-23-55(49)59-56(46)50/h3-37H,1-2H3. The maximum Gasteiger partial charge on any atom is 0.143 e. The van der Waals surface area contributed by atoms with Crippen LogP contribution >= 0.6 is 0 Å². The second kappa shape index (κ2) is 13.9. The van der Waals surface area contributed by atoms with E-state index in [9.17, 15) is 0 Å². The van der Waals surface area contributed by atoms with Crippen LogP contribution in [0.5, 0.6) is 0 Å². The molecule has 1 aliphatic carbocycles. The van der Waals surface area contributed by atoms with Gasteiger partial charge in [-0.15, -0.1) is 0 Å². The van der Waals surface area contributed by atoms with E-state index in [0.717, 1.165) is 50.1 Å². The summed E-state index contributed by atoms with van der Waals surface area (Å²) < 4.78 is 6.47. The SMILES string of the molecule is CC1(C)c2ccccc2-c2ccc(-c3cc(-c4ccccc4)ccc3N(c3ccc(-c4ccccc4)cc3)c3ccc(-c4cccc5c4oc4ccccc45)cc3)cc21. The lowest BCUT2D eigenvalue weighted by Gasteiger charge is -2.29. The van der Waals surface area contributed by atoms with Gasteiger partial charge in [0.05, 0.1) is 5.69 Å². The Morgan fingerprint density at radius 3 is 1.64 bits per heavy atom. The molecule has 2 heteroatoms. The first-order valence-electron chi connectivity index (χ1n) is 20.4. The van der Waals surface area contributed by atoms with Crippen molar-refractivity contribution in [2.75, 3.05) is 4.90 Å². The van der Waals surface area contributed by atoms with E-state index < -0.39 is 0 Å². The fourth-order valence-electron chi connectivity index (χ4n) is 9.27. The third-order valence-electron chi connectivity index (χ3n) is 12.3. The van der Waals surface area contributed by atoms with Crippen molar-refractivity contribution in [2.45, 2.75) is 19.3 Å². The molecule has 2 nitrogen and oxygen atoms in total. The third-order valence-corrected chi connectivity index (χ3v) is 12.3. The van der Waals surface area contributed by atoms with Gasteiger partial charge in [-0.1, -0.05) is 178 Å². The van der Waals surface area contributed by atoms with Crippen LogP contribution in [0.2, 0.25) is 0 Å². The maximum absolute atomic E-state index is 6.47. The Hall–Kier alpha value is -7.42. The molecule has 0 saturated carbocycles. The number of para-hydroxylation sites is 2. The molecule has 1 aliphatic rings. The van der Waals surface area contributed by atoms with Crippen LogP contribution in [0.1, 0.15) is 25.0 Å². The predicted octanol–water partition coefficient (Wildman–Crippen LogP) is 16.0. The summed E-state index contributed by atoms with van der Waals surface area (Å²) in [5, 5.41) is 2.27. The van der Waals surface area contributed by atoms with Crippen molar-refractivity contribution in [1.29, 1.82) is 0 Å². The van der Waals surface area contributed by atoms with E-state index in [1.807, 2.05) is 12.1 Å². The van der Waals surface area contributed by atoms with Gasteiger partial charge in [0, 0.05) is 38.7 Å². The molecule has 59 heavy (non-hydrogen) atoms. The second-order valence-electron chi connectivity index (χ2n) is 16.1. The van der Waals surface area contributed by atoms with Crippen LogP contribution in [0.3, 0.4) is 0 Å². The van der Waals surface area contributed by atoms with E-state index in [-0.39, 0.29) is 5.41 Å². The highest BCUT2D eigenvalue weighted by Crippen LogP contribution is 2.51. The van der Waals surface area contributed by atoms with Crippen LogP contribution in [0.4, 0.5) is 17.1 Å². The summed E-state index contributed by atoms with van der Waals surface area (Å²) in [6.45, 7) is 4.72. The summed E-state index contributed by atoms with van der Waals surface area (Å²) in [5.74, 6) is 0. The van der Waals surface area contributed by atoms with Crippen LogP contribution in [0.25, 0.3) is 77.6 Å². The minimum atomic E-state index is -0.120. The first kappa shape index (κ1) is 34.8. The molecule has 0 fully saturated rings. The van der Waals surface area contributed by atoms with Crippen molar-refractivity contribution >= 4 is 39.0 Å². The first-order chi connectivity index (χ1) is 29.0. The molecule has 0 atom stereocenters. The van der Waals surface area contributed by atoms with Crippen molar-refractivity contribution < 1.29 is 4.42 Å². The summed E-state index contributed by atoms with van der Waals surface area (Å²) in [5.41, 5.74) is 19.6. The van der Waals surface area contributed by atoms with Gasteiger partial charge in [0.25, 0.3) is 0 Å². The van der Waals surface area contributed by atoms with Gasteiger partial charge >= 0.3 is 0 Å².